The van der Waals surface area contributed by atoms with Crippen LogP contribution in [0.2, 0.25) is 0 Å². The van der Waals surface area contributed by atoms with E-state index >= 15 is 0 Å². The van der Waals surface area contributed by atoms with Crippen molar-refractivity contribution in [1.29, 1.82) is 5.39 Å². The topological polar surface area (TPSA) is 96.0 Å². The Morgan fingerprint density at radius 1 is 1.50 bits per heavy atom. The van der Waals surface area contributed by atoms with Crippen LogP contribution in [0.5, 0.6) is 0 Å². The van der Waals surface area contributed by atoms with Gasteiger partial charge in [-0.1, -0.05) is 17.7 Å². The minimum Gasteiger partial charge on any atom is -0.482 e. The summed E-state index contributed by atoms with van der Waals surface area (Å²) in [6, 6.07) is 0. The number of dihydropyridines is 1. The fraction of sp³-hybridized carbons (Fsp3) is 0.333. The first-order valence-electron chi connectivity index (χ1n) is 6.88. The van der Waals surface area contributed by atoms with Gasteiger partial charge in [-0.05, 0) is 6.42 Å². The summed E-state index contributed by atoms with van der Waals surface area (Å²) in [4.78, 5) is 28.8. The van der Waals surface area contributed by atoms with E-state index in [-0.39, 0.29) is 22.2 Å². The van der Waals surface area contributed by atoms with Crippen molar-refractivity contribution in [2.24, 2.45) is 0 Å². The lowest BCUT2D eigenvalue weighted by Gasteiger charge is -2.23. The molecule has 0 bridgehead atoms. The van der Waals surface area contributed by atoms with Crippen molar-refractivity contribution < 1.29 is 19.1 Å². The summed E-state index contributed by atoms with van der Waals surface area (Å²) < 4.78 is 9.61. The van der Waals surface area contributed by atoms with Gasteiger partial charge in [0.25, 0.3) is 5.91 Å². The van der Waals surface area contributed by atoms with Gasteiger partial charge in [0.1, 0.15) is 5.16 Å². The van der Waals surface area contributed by atoms with Gasteiger partial charge in [-0.2, -0.15) is 0 Å². The molecule has 0 aromatic carbocycles. The predicted molar refractivity (Wildman–Crippen MR) is 87.7 cm³/mol. The van der Waals surface area contributed by atoms with Gasteiger partial charge >= 0.3 is 11.7 Å². The Morgan fingerprint density at radius 2 is 2.17 bits per heavy atom. The van der Waals surface area contributed by atoms with Crippen molar-refractivity contribution in [1.82, 2.24) is 10.2 Å². The highest BCUT2D eigenvalue weighted by atomic mass is 35.5. The third kappa shape index (κ3) is 4.14. The molecule has 1 N–H and O–H groups in total. The van der Waals surface area contributed by atoms with E-state index in [0.717, 1.165) is 7.11 Å². The summed E-state index contributed by atoms with van der Waals surface area (Å²) in [5.74, 6) is -1.23. The van der Waals surface area contributed by atoms with Gasteiger partial charge in [-0.15, -0.1) is 6.58 Å². The Labute approximate surface area is 144 Å². The second-order valence-corrected chi connectivity index (χ2v) is 5.06. The molecule has 128 valence electrons. The molecule has 0 fully saturated rings. The normalized spacial score (nSPS) is 15.5. The molecule has 24 heavy (non-hydrogen) atoms. The number of hydrogen-bond acceptors (Lipinski definition) is 6. The van der Waals surface area contributed by atoms with Crippen LogP contribution in [-0.2, 0) is 19.1 Å². The van der Waals surface area contributed by atoms with Gasteiger partial charge in [0, 0.05) is 19.7 Å². The SMILES string of the molecule is C=CCCN(C)C(=O)C1=C(Cl)NC(OC)=CC1=C([N+]#N)C(=O)OC. The first kappa shape index (κ1) is 19.3. The largest absolute Gasteiger partial charge is 0.482 e. The van der Waals surface area contributed by atoms with Crippen molar-refractivity contribution >= 4 is 23.5 Å². The molecular formula is C15H18ClN4O4+. The third-order valence-corrected chi connectivity index (χ3v) is 3.46. The van der Waals surface area contributed by atoms with Gasteiger partial charge in [0.2, 0.25) is 5.39 Å². The third-order valence-electron chi connectivity index (χ3n) is 3.18. The standard InChI is InChI=1S/C15H17ClN4O4/c1-5-6-7-20(2)14(21)11-9(12(19-17)15(22)24-4)8-10(23-3)18-13(11)16/h5,8H,1,6-7H2,2-4H3/p+1. The molecule has 0 saturated heterocycles. The summed E-state index contributed by atoms with van der Waals surface area (Å²) in [5.41, 5.74) is -0.519. The van der Waals surface area contributed by atoms with E-state index in [1.165, 1.54) is 18.1 Å². The van der Waals surface area contributed by atoms with Crippen LogP contribution in [0.1, 0.15) is 6.42 Å². The number of esters is 1. The maximum Gasteiger partial charge on any atom is 0.476 e. The molecule has 0 aromatic heterocycles. The number of hydrogen-bond donors (Lipinski definition) is 1. The van der Waals surface area contributed by atoms with Crippen LogP contribution in [0.3, 0.4) is 0 Å². The number of nitrogens with zero attached hydrogens (tertiary/aromatic N) is 3. The Hall–Kier alpha value is -2.79. The number of halogens is 1. The number of methoxy groups -OCH3 is 2. The second kappa shape index (κ2) is 8.74. The lowest BCUT2D eigenvalue weighted by atomic mass is 10.0. The summed E-state index contributed by atoms with van der Waals surface area (Å²) in [5, 5.41) is 11.8. The highest BCUT2D eigenvalue weighted by molar-refractivity contribution is 6.32. The van der Waals surface area contributed by atoms with Crippen LogP contribution in [-0.4, -0.2) is 44.6 Å². The molecule has 0 aliphatic carbocycles. The zero-order valence-corrected chi connectivity index (χ0v) is 14.4. The quantitative estimate of drug-likeness (QED) is 0.257. The van der Waals surface area contributed by atoms with Gasteiger partial charge in [0.15, 0.2) is 10.9 Å². The molecule has 1 rings (SSSR count). The Balaban J connectivity index is 3.45. The zero-order chi connectivity index (χ0) is 18.3. The summed E-state index contributed by atoms with van der Waals surface area (Å²) in [7, 11) is 4.07. The van der Waals surface area contributed by atoms with Crippen LogP contribution in [0.25, 0.3) is 4.98 Å². The summed E-state index contributed by atoms with van der Waals surface area (Å²) >= 11 is 6.14. The number of carbonyl (C=O) groups excluding carboxylic acids is 2. The van der Waals surface area contributed by atoms with E-state index in [1.807, 2.05) is 0 Å². The molecule has 1 aliphatic rings. The van der Waals surface area contributed by atoms with Gasteiger partial charge in [-0.25, -0.2) is 4.79 Å². The molecule has 0 spiro atoms. The fourth-order valence-electron chi connectivity index (χ4n) is 1.91. The molecular weight excluding hydrogens is 336 g/mol. The molecule has 1 amide bonds. The molecule has 1 heterocycles. The lowest BCUT2D eigenvalue weighted by molar-refractivity contribution is -0.135. The Morgan fingerprint density at radius 3 is 2.67 bits per heavy atom. The van der Waals surface area contributed by atoms with Crippen molar-refractivity contribution in [3.63, 3.8) is 0 Å². The number of diazo groups is 1. The molecule has 0 unspecified atom stereocenters. The van der Waals surface area contributed by atoms with E-state index < -0.39 is 17.6 Å². The van der Waals surface area contributed by atoms with Crippen molar-refractivity contribution in [3.8, 4) is 0 Å². The van der Waals surface area contributed by atoms with E-state index in [1.54, 1.807) is 13.1 Å². The smallest absolute Gasteiger partial charge is 0.476 e. The average molecular weight is 354 g/mol. The average Bonchev–Trinajstić information content (AvgIpc) is 2.58. The number of likely N-dealkylation sites (N-methyl/N-ethyl adjacent to an activating group) is 1. The molecule has 9 heteroatoms. The maximum atomic E-state index is 12.7. The molecule has 0 atom stereocenters. The lowest BCUT2D eigenvalue weighted by Crippen LogP contribution is -2.33. The maximum absolute atomic E-state index is 12.7. The van der Waals surface area contributed by atoms with Gasteiger partial charge < -0.3 is 19.7 Å². The number of nitrogens with one attached hydrogen (secondary N) is 1. The summed E-state index contributed by atoms with van der Waals surface area (Å²) in [6.45, 7) is 3.99. The summed E-state index contributed by atoms with van der Waals surface area (Å²) in [6.07, 6.45) is 3.57. The highest BCUT2D eigenvalue weighted by Gasteiger charge is 2.37. The number of ether oxygens (including phenoxy) is 2. The molecule has 1 aliphatic heterocycles. The molecule has 8 nitrogen and oxygen atoms in total. The van der Waals surface area contributed by atoms with E-state index in [2.05, 4.69) is 21.6 Å². The predicted octanol–water partition coefficient (Wildman–Crippen LogP) is 1.84. The molecule has 0 radical (unpaired) electrons. The van der Waals surface area contributed by atoms with E-state index in [9.17, 15) is 15.0 Å². The first-order chi connectivity index (χ1) is 11.4. The molecule has 0 aromatic rings. The second-order valence-electron chi connectivity index (χ2n) is 4.68. The Bertz CT molecular complexity index is 688. The highest BCUT2D eigenvalue weighted by Crippen LogP contribution is 2.29. The van der Waals surface area contributed by atoms with Gasteiger partial charge in [-0.3, -0.25) is 4.79 Å². The molecule has 0 saturated carbocycles. The number of carbonyl (C=O) groups is 2. The monoisotopic (exact) mass is 353 g/mol. The van der Waals surface area contributed by atoms with Crippen molar-refractivity contribution in [2.75, 3.05) is 27.8 Å². The van der Waals surface area contributed by atoms with Crippen LogP contribution < -0.4 is 5.32 Å². The number of allylic oxidation sites excluding steroid dienone is 1. The van der Waals surface area contributed by atoms with Crippen LogP contribution in [0.15, 0.2) is 46.6 Å². The number of amides is 1. The van der Waals surface area contributed by atoms with Gasteiger partial charge in [0.05, 0.1) is 25.4 Å². The van der Waals surface area contributed by atoms with Crippen LogP contribution in [0.4, 0.5) is 0 Å². The number of rotatable bonds is 6. The fourth-order valence-corrected chi connectivity index (χ4v) is 2.19. The van der Waals surface area contributed by atoms with Crippen LogP contribution in [0, 0.1) is 5.39 Å². The minimum atomic E-state index is -0.926. The van der Waals surface area contributed by atoms with E-state index in [4.69, 9.17) is 16.3 Å². The van der Waals surface area contributed by atoms with Crippen molar-refractivity contribution in [2.45, 2.75) is 6.42 Å². The van der Waals surface area contributed by atoms with Crippen LogP contribution >= 0.6 is 11.6 Å². The Kier molecular flexibility index (Phi) is 7.01. The zero-order valence-electron chi connectivity index (χ0n) is 13.6. The first-order valence-corrected chi connectivity index (χ1v) is 7.25. The van der Waals surface area contributed by atoms with Crippen molar-refractivity contribution in [3.05, 3.63) is 51.6 Å². The van der Waals surface area contributed by atoms with E-state index in [0.29, 0.717) is 13.0 Å². The minimum absolute atomic E-state index is 0.0135.